The largest absolute Gasteiger partial charge is 0.503 e. The second kappa shape index (κ2) is 11.4. The van der Waals surface area contributed by atoms with Crippen LogP contribution in [0.5, 0.6) is 5.75 Å². The average molecular weight is 514 g/mol. The second-order valence-corrected chi connectivity index (χ2v) is 9.42. The Balaban J connectivity index is 1.43. The maximum absolute atomic E-state index is 13.7. The van der Waals surface area contributed by atoms with Crippen molar-refractivity contribution in [1.29, 1.82) is 0 Å². The van der Waals surface area contributed by atoms with Gasteiger partial charge in [-0.3, -0.25) is 9.59 Å². The number of amides is 1. The molecule has 2 aromatic carbocycles. The Labute approximate surface area is 221 Å². The van der Waals surface area contributed by atoms with Gasteiger partial charge in [0.05, 0.1) is 24.5 Å². The van der Waals surface area contributed by atoms with E-state index in [1.54, 1.807) is 29.6 Å². The van der Waals surface area contributed by atoms with Gasteiger partial charge in [0.25, 0.3) is 5.91 Å². The quantitative estimate of drug-likeness (QED) is 0.188. The van der Waals surface area contributed by atoms with Crippen LogP contribution in [0.4, 0.5) is 0 Å². The van der Waals surface area contributed by atoms with E-state index in [0.29, 0.717) is 37.3 Å². The van der Waals surface area contributed by atoms with Gasteiger partial charge in [0, 0.05) is 30.9 Å². The second-order valence-electron chi connectivity index (χ2n) is 9.42. The number of aliphatic hydroxyl groups is 1. The van der Waals surface area contributed by atoms with E-state index in [-0.39, 0.29) is 11.3 Å². The molecule has 196 valence electrons. The van der Waals surface area contributed by atoms with Crippen LogP contribution in [0.15, 0.2) is 89.1 Å². The van der Waals surface area contributed by atoms with Crippen LogP contribution in [0.3, 0.4) is 0 Å². The Morgan fingerprint density at radius 1 is 1.08 bits per heavy atom. The number of furan rings is 1. The number of carbonyl (C=O) groups excluding carboxylic acids is 2. The Morgan fingerprint density at radius 3 is 2.63 bits per heavy atom. The first-order chi connectivity index (χ1) is 18.6. The fourth-order valence-electron chi connectivity index (χ4n) is 4.82. The van der Waals surface area contributed by atoms with E-state index >= 15 is 0 Å². The molecule has 0 spiro atoms. The molecule has 2 aromatic heterocycles. The van der Waals surface area contributed by atoms with E-state index < -0.39 is 23.5 Å². The third-order valence-electron chi connectivity index (χ3n) is 6.78. The van der Waals surface area contributed by atoms with Crippen LogP contribution in [0.2, 0.25) is 0 Å². The molecule has 4 aromatic rings. The summed E-state index contributed by atoms with van der Waals surface area (Å²) in [5.74, 6) is -0.807. The van der Waals surface area contributed by atoms with Gasteiger partial charge in [-0.15, -0.1) is 0 Å². The number of ketones is 1. The molecule has 0 aliphatic carbocycles. The number of hydrogen-bond acceptors (Lipinski definition) is 6. The highest BCUT2D eigenvalue weighted by molar-refractivity contribution is 6.16. The number of Topliss-reactive ketones (excluding diaryl/α,β-unsaturated/α-hetero) is 1. The standard InChI is InChI=1S/C30H31N3O5/c1-2-3-6-18-37-23-12-10-21(11-13-23)27-26(28(34)25-19-22-8-4-5-9-24(22)38-25)29(35)30(36)33(27)16-7-15-32-17-14-31-20-32/h4-5,8-14,17,19-20,27,35H,2-3,6-7,15-16,18H2,1H3/t27-/m1/s1. The minimum Gasteiger partial charge on any atom is -0.503 e. The maximum atomic E-state index is 13.7. The topological polar surface area (TPSA) is 97.8 Å². The van der Waals surface area contributed by atoms with Crippen LogP contribution in [0, 0.1) is 0 Å². The molecule has 38 heavy (non-hydrogen) atoms. The third kappa shape index (κ3) is 5.20. The molecule has 0 unspecified atom stereocenters. The number of aryl methyl sites for hydroxylation is 1. The lowest BCUT2D eigenvalue weighted by Crippen LogP contribution is -2.32. The fraction of sp³-hybridized carbons (Fsp3) is 0.300. The van der Waals surface area contributed by atoms with Gasteiger partial charge in [0.15, 0.2) is 11.5 Å². The Morgan fingerprint density at radius 2 is 1.89 bits per heavy atom. The number of benzene rings is 2. The lowest BCUT2D eigenvalue weighted by atomic mass is 9.95. The van der Waals surface area contributed by atoms with Crippen molar-refractivity contribution in [3.63, 3.8) is 0 Å². The lowest BCUT2D eigenvalue weighted by molar-refractivity contribution is -0.129. The molecule has 8 nitrogen and oxygen atoms in total. The summed E-state index contributed by atoms with van der Waals surface area (Å²) in [6.45, 7) is 3.77. The van der Waals surface area contributed by atoms with Crippen LogP contribution < -0.4 is 4.74 Å². The number of aromatic nitrogens is 2. The van der Waals surface area contributed by atoms with Gasteiger partial charge in [-0.2, -0.15) is 0 Å². The van der Waals surface area contributed by atoms with Gasteiger partial charge < -0.3 is 23.7 Å². The Bertz CT molecular complexity index is 1400. The third-order valence-corrected chi connectivity index (χ3v) is 6.78. The van der Waals surface area contributed by atoms with Gasteiger partial charge in [-0.25, -0.2) is 4.98 Å². The molecular formula is C30H31N3O5. The predicted octanol–water partition coefficient (Wildman–Crippen LogP) is 5.87. The highest BCUT2D eigenvalue weighted by Crippen LogP contribution is 2.40. The zero-order valence-corrected chi connectivity index (χ0v) is 21.4. The van der Waals surface area contributed by atoms with E-state index in [4.69, 9.17) is 9.15 Å². The molecule has 0 radical (unpaired) electrons. The molecule has 1 amide bonds. The van der Waals surface area contributed by atoms with Gasteiger partial charge in [0.2, 0.25) is 5.78 Å². The van der Waals surface area contributed by atoms with Gasteiger partial charge in [-0.1, -0.05) is 50.1 Å². The number of carbonyl (C=O) groups is 2. The van der Waals surface area contributed by atoms with E-state index in [0.717, 1.165) is 30.4 Å². The first kappa shape index (κ1) is 25.3. The van der Waals surface area contributed by atoms with Gasteiger partial charge in [0.1, 0.15) is 11.3 Å². The van der Waals surface area contributed by atoms with Crippen LogP contribution >= 0.6 is 0 Å². The monoisotopic (exact) mass is 513 g/mol. The molecule has 0 saturated heterocycles. The normalized spacial score (nSPS) is 15.6. The molecule has 0 bridgehead atoms. The summed E-state index contributed by atoms with van der Waals surface area (Å²) in [6.07, 6.45) is 9.10. The van der Waals surface area contributed by atoms with Crippen molar-refractivity contribution in [2.45, 2.75) is 45.2 Å². The zero-order chi connectivity index (χ0) is 26.5. The summed E-state index contributed by atoms with van der Waals surface area (Å²) in [6, 6.07) is 15.6. The molecule has 5 rings (SSSR count). The number of para-hydroxylation sites is 1. The summed E-state index contributed by atoms with van der Waals surface area (Å²) in [5, 5.41) is 11.7. The molecule has 0 fully saturated rings. The number of unbranched alkanes of at least 4 members (excludes halogenated alkanes) is 2. The van der Waals surface area contributed by atoms with Crippen molar-refractivity contribution >= 4 is 22.7 Å². The van der Waals surface area contributed by atoms with Crippen LogP contribution in [-0.4, -0.2) is 44.4 Å². The van der Waals surface area contributed by atoms with E-state index in [2.05, 4.69) is 11.9 Å². The first-order valence-corrected chi connectivity index (χ1v) is 13.0. The molecule has 1 N–H and O–H groups in total. The number of ether oxygens (including phenoxy) is 1. The van der Waals surface area contributed by atoms with Gasteiger partial charge >= 0.3 is 0 Å². The molecule has 1 atom stereocenters. The van der Waals surface area contributed by atoms with E-state index in [1.807, 2.05) is 53.2 Å². The lowest BCUT2D eigenvalue weighted by Gasteiger charge is -2.27. The molecule has 0 saturated carbocycles. The van der Waals surface area contributed by atoms with Crippen LogP contribution in [0.25, 0.3) is 11.0 Å². The summed E-state index contributed by atoms with van der Waals surface area (Å²) >= 11 is 0. The average Bonchev–Trinajstić information content (AvgIpc) is 3.67. The summed E-state index contributed by atoms with van der Waals surface area (Å²) in [5.41, 5.74) is 1.30. The predicted molar refractivity (Wildman–Crippen MR) is 143 cm³/mol. The number of fused-ring (bicyclic) bond motifs is 1. The van der Waals surface area contributed by atoms with Crippen molar-refractivity contribution in [3.8, 4) is 5.75 Å². The van der Waals surface area contributed by atoms with Crippen molar-refractivity contribution in [2.75, 3.05) is 13.2 Å². The highest BCUT2D eigenvalue weighted by atomic mass is 16.5. The van der Waals surface area contributed by atoms with Crippen molar-refractivity contribution < 1.29 is 23.8 Å². The van der Waals surface area contributed by atoms with Crippen LogP contribution in [0.1, 0.15) is 54.8 Å². The highest BCUT2D eigenvalue weighted by Gasteiger charge is 2.44. The SMILES string of the molecule is CCCCCOc1ccc([C@@H]2C(C(=O)c3cc4ccccc4o3)=C(O)C(=O)N2CCCn2ccnc2)cc1. The zero-order valence-electron chi connectivity index (χ0n) is 21.4. The van der Waals surface area contributed by atoms with E-state index in [9.17, 15) is 14.7 Å². The van der Waals surface area contributed by atoms with Crippen LogP contribution in [-0.2, 0) is 11.3 Å². The summed E-state index contributed by atoms with van der Waals surface area (Å²) in [7, 11) is 0. The van der Waals surface area contributed by atoms with E-state index in [1.165, 1.54) is 0 Å². The van der Waals surface area contributed by atoms with Crippen molar-refractivity contribution in [2.24, 2.45) is 0 Å². The number of hydrogen-bond donors (Lipinski definition) is 1. The number of imidazole rings is 1. The van der Waals surface area contributed by atoms with Gasteiger partial charge in [-0.05, 0) is 42.7 Å². The number of aliphatic hydroxyl groups excluding tert-OH is 1. The Kier molecular flexibility index (Phi) is 7.58. The van der Waals surface area contributed by atoms with Crippen molar-refractivity contribution in [1.82, 2.24) is 14.5 Å². The first-order valence-electron chi connectivity index (χ1n) is 13.0. The van der Waals surface area contributed by atoms with Crippen molar-refractivity contribution in [3.05, 3.63) is 96.0 Å². The minimum absolute atomic E-state index is 0.0216. The summed E-state index contributed by atoms with van der Waals surface area (Å²) < 4.78 is 13.6. The maximum Gasteiger partial charge on any atom is 0.290 e. The number of nitrogens with zero attached hydrogens (tertiary/aromatic N) is 3. The minimum atomic E-state index is -0.750. The summed E-state index contributed by atoms with van der Waals surface area (Å²) in [4.78, 5) is 32.6. The molecule has 3 heterocycles. The fourth-order valence-corrected chi connectivity index (χ4v) is 4.82. The molecular weight excluding hydrogens is 482 g/mol. The Hall–Kier alpha value is -4.33. The number of rotatable bonds is 12. The smallest absolute Gasteiger partial charge is 0.290 e. The molecule has 1 aliphatic rings. The molecule has 1 aliphatic heterocycles. The molecule has 8 heteroatoms.